The number of nitrogens with zero attached hydrogens (tertiary/aromatic N) is 2. The van der Waals surface area contributed by atoms with Crippen molar-refractivity contribution in [3.63, 3.8) is 0 Å². The predicted molar refractivity (Wildman–Crippen MR) is 132 cm³/mol. The molecule has 3 aromatic rings. The van der Waals surface area contributed by atoms with Gasteiger partial charge >= 0.3 is 6.03 Å². The monoisotopic (exact) mass is 521 g/mol. The zero-order chi connectivity index (χ0) is 24.2. The average Bonchev–Trinajstić information content (AvgIpc) is 3.48. The fourth-order valence-corrected chi connectivity index (χ4v) is 4.23. The van der Waals surface area contributed by atoms with Gasteiger partial charge in [0, 0.05) is 11.3 Å². The Morgan fingerprint density at radius 1 is 1.06 bits per heavy atom. The number of anilines is 2. The number of carbonyl (C=O) groups is 2. The van der Waals surface area contributed by atoms with Crippen LogP contribution in [-0.4, -0.2) is 35.0 Å². The number of ether oxygens (including phenoxy) is 2. The van der Waals surface area contributed by atoms with Gasteiger partial charge in [0.2, 0.25) is 17.8 Å². The molecule has 0 bridgehead atoms. The molecule has 3 amide bonds. The highest BCUT2D eigenvalue weighted by Crippen LogP contribution is 2.37. The summed E-state index contributed by atoms with van der Waals surface area (Å²) in [6, 6.07) is 8.83. The second kappa shape index (κ2) is 10.5. The summed E-state index contributed by atoms with van der Waals surface area (Å²) >= 11 is 13.1. The molecule has 1 aliphatic rings. The van der Waals surface area contributed by atoms with Gasteiger partial charge < -0.3 is 20.1 Å². The average molecular weight is 522 g/mol. The molecule has 2 aromatic carbocycles. The Bertz CT molecular complexity index is 1220. The second-order valence-electron chi connectivity index (χ2n) is 7.56. The van der Waals surface area contributed by atoms with E-state index in [2.05, 4.69) is 26.1 Å². The lowest BCUT2D eigenvalue weighted by Crippen LogP contribution is -2.49. The third-order valence-electron chi connectivity index (χ3n) is 5.23. The van der Waals surface area contributed by atoms with Gasteiger partial charge in [-0.05, 0) is 42.3 Å². The number of rotatable bonds is 7. The Balaban J connectivity index is 1.42. The van der Waals surface area contributed by atoms with E-state index in [0.717, 1.165) is 5.56 Å². The van der Waals surface area contributed by atoms with Crippen LogP contribution in [0, 0.1) is 5.92 Å². The number of urea groups is 1. The van der Waals surface area contributed by atoms with Crippen LogP contribution >= 0.6 is 34.5 Å². The lowest BCUT2D eigenvalue weighted by atomic mass is 9.98. The predicted octanol–water partition coefficient (Wildman–Crippen LogP) is 5.42. The molecule has 0 radical (unpaired) electrons. The van der Waals surface area contributed by atoms with E-state index in [4.69, 9.17) is 32.7 Å². The van der Waals surface area contributed by atoms with Gasteiger partial charge in [0.05, 0.1) is 10.0 Å². The zero-order valence-electron chi connectivity index (χ0n) is 18.2. The maximum Gasteiger partial charge on any atom is 0.319 e. The van der Waals surface area contributed by atoms with Crippen LogP contribution in [0.25, 0.3) is 10.6 Å². The van der Waals surface area contributed by atoms with Crippen LogP contribution in [0.1, 0.15) is 20.3 Å². The summed E-state index contributed by atoms with van der Waals surface area (Å²) in [5, 5.41) is 18.0. The van der Waals surface area contributed by atoms with E-state index in [0.29, 0.717) is 43.8 Å². The van der Waals surface area contributed by atoms with Crippen LogP contribution in [0.5, 0.6) is 11.5 Å². The summed E-state index contributed by atoms with van der Waals surface area (Å²) in [4.78, 5) is 25.6. The number of hydrogen-bond acceptors (Lipinski definition) is 7. The summed E-state index contributed by atoms with van der Waals surface area (Å²) in [5.74, 6) is 0.767. The topological polar surface area (TPSA) is 114 Å². The SMILES string of the molecule is CC[C@@H](C)[C@H](NC(=O)Nc1ccc(Cl)c(Cl)c1)C(=O)Nc1nnc(-c2ccc3c(c2)OCO3)s1. The van der Waals surface area contributed by atoms with Crippen molar-refractivity contribution in [3.8, 4) is 22.1 Å². The molecule has 4 rings (SSSR count). The Morgan fingerprint density at radius 2 is 1.85 bits per heavy atom. The summed E-state index contributed by atoms with van der Waals surface area (Å²) in [6.07, 6.45) is 0.670. The number of amides is 3. The highest BCUT2D eigenvalue weighted by Gasteiger charge is 2.27. The highest BCUT2D eigenvalue weighted by atomic mass is 35.5. The minimum Gasteiger partial charge on any atom is -0.454 e. The molecule has 0 fully saturated rings. The smallest absolute Gasteiger partial charge is 0.319 e. The lowest BCUT2D eigenvalue weighted by Gasteiger charge is -2.23. The Labute approximate surface area is 209 Å². The van der Waals surface area contributed by atoms with Crippen LogP contribution in [0.2, 0.25) is 10.0 Å². The molecule has 0 saturated carbocycles. The van der Waals surface area contributed by atoms with Crippen LogP contribution < -0.4 is 25.4 Å². The van der Waals surface area contributed by atoms with Crippen LogP contribution in [-0.2, 0) is 4.79 Å². The number of fused-ring (bicyclic) bond motifs is 1. The third-order valence-corrected chi connectivity index (χ3v) is 6.86. The van der Waals surface area contributed by atoms with Gasteiger partial charge in [-0.3, -0.25) is 10.1 Å². The summed E-state index contributed by atoms with van der Waals surface area (Å²) < 4.78 is 10.7. The number of carbonyl (C=O) groups excluding carboxylic acids is 2. The Morgan fingerprint density at radius 3 is 2.62 bits per heavy atom. The molecular weight excluding hydrogens is 501 g/mol. The van der Waals surface area contributed by atoms with E-state index in [9.17, 15) is 9.59 Å². The molecule has 9 nitrogen and oxygen atoms in total. The van der Waals surface area contributed by atoms with Gasteiger partial charge in [-0.15, -0.1) is 10.2 Å². The molecule has 34 heavy (non-hydrogen) atoms. The molecule has 0 saturated heterocycles. The molecule has 0 aliphatic carbocycles. The fourth-order valence-electron chi connectivity index (χ4n) is 3.19. The van der Waals surface area contributed by atoms with E-state index in [-0.39, 0.29) is 12.7 Å². The van der Waals surface area contributed by atoms with Crippen molar-refractivity contribution in [2.24, 2.45) is 5.92 Å². The first-order valence-corrected chi connectivity index (χ1v) is 12.0. The molecule has 2 heterocycles. The number of nitrogens with one attached hydrogen (secondary N) is 3. The van der Waals surface area contributed by atoms with E-state index >= 15 is 0 Å². The van der Waals surface area contributed by atoms with E-state index in [1.54, 1.807) is 18.2 Å². The summed E-state index contributed by atoms with van der Waals surface area (Å²) in [5.41, 5.74) is 1.24. The first-order valence-electron chi connectivity index (χ1n) is 10.4. The van der Waals surface area contributed by atoms with E-state index in [1.165, 1.54) is 17.4 Å². The largest absolute Gasteiger partial charge is 0.454 e. The molecule has 1 aliphatic heterocycles. The van der Waals surface area contributed by atoms with Crippen molar-refractivity contribution < 1.29 is 19.1 Å². The fraction of sp³-hybridized carbons (Fsp3) is 0.273. The van der Waals surface area contributed by atoms with Crippen molar-refractivity contribution in [1.29, 1.82) is 0 Å². The standard InChI is InChI=1S/C22H21Cl2N5O4S/c1-3-11(2)18(26-21(31)25-13-5-6-14(23)15(24)9-13)19(30)27-22-29-28-20(34-22)12-4-7-16-17(8-12)33-10-32-16/h4-9,11,18H,3,10H2,1-2H3,(H2,25,26,31)(H,27,29,30)/t11-,18+/m1/s1. The normalized spacial score (nSPS) is 13.8. The van der Waals surface area contributed by atoms with Crippen molar-refractivity contribution in [3.05, 3.63) is 46.4 Å². The quantitative estimate of drug-likeness (QED) is 0.382. The Hall–Kier alpha value is -3.08. The van der Waals surface area contributed by atoms with Crippen molar-refractivity contribution in [2.45, 2.75) is 26.3 Å². The van der Waals surface area contributed by atoms with Crippen molar-refractivity contribution in [1.82, 2.24) is 15.5 Å². The van der Waals surface area contributed by atoms with Crippen molar-refractivity contribution in [2.75, 3.05) is 17.4 Å². The maximum absolute atomic E-state index is 13.0. The van der Waals surface area contributed by atoms with Crippen LogP contribution in [0.3, 0.4) is 0 Å². The third kappa shape index (κ3) is 5.52. The van der Waals surface area contributed by atoms with Gasteiger partial charge in [0.25, 0.3) is 0 Å². The summed E-state index contributed by atoms with van der Waals surface area (Å²) in [6.45, 7) is 3.99. The Kier molecular flexibility index (Phi) is 7.40. The molecule has 0 unspecified atom stereocenters. The van der Waals surface area contributed by atoms with Gasteiger partial charge in [-0.25, -0.2) is 4.79 Å². The first-order chi connectivity index (χ1) is 16.3. The van der Waals surface area contributed by atoms with E-state index < -0.39 is 18.0 Å². The second-order valence-corrected chi connectivity index (χ2v) is 9.35. The zero-order valence-corrected chi connectivity index (χ0v) is 20.6. The number of halogens is 2. The number of hydrogen-bond donors (Lipinski definition) is 3. The first kappa shape index (κ1) is 24.1. The van der Waals surface area contributed by atoms with Crippen LogP contribution in [0.4, 0.5) is 15.6 Å². The molecule has 2 atom stereocenters. The number of aromatic nitrogens is 2. The molecule has 12 heteroatoms. The molecular formula is C22H21Cl2N5O4S. The van der Waals surface area contributed by atoms with Gasteiger partial charge in [0.1, 0.15) is 11.0 Å². The molecule has 178 valence electrons. The molecule has 1 aromatic heterocycles. The minimum absolute atomic E-state index is 0.138. The summed E-state index contributed by atoms with van der Waals surface area (Å²) in [7, 11) is 0. The highest BCUT2D eigenvalue weighted by molar-refractivity contribution is 7.18. The van der Waals surface area contributed by atoms with Gasteiger partial charge in [-0.2, -0.15) is 0 Å². The number of benzene rings is 2. The minimum atomic E-state index is -0.800. The van der Waals surface area contributed by atoms with Crippen LogP contribution in [0.15, 0.2) is 36.4 Å². The lowest BCUT2D eigenvalue weighted by molar-refractivity contribution is -0.119. The molecule has 0 spiro atoms. The van der Waals surface area contributed by atoms with Crippen molar-refractivity contribution >= 4 is 57.3 Å². The van der Waals surface area contributed by atoms with Gasteiger partial charge in [-0.1, -0.05) is 54.8 Å². The van der Waals surface area contributed by atoms with E-state index in [1.807, 2.05) is 26.0 Å². The maximum atomic E-state index is 13.0. The van der Waals surface area contributed by atoms with Gasteiger partial charge in [0.15, 0.2) is 11.5 Å². The molecule has 3 N–H and O–H groups in total.